The third kappa shape index (κ3) is 5.44. The summed E-state index contributed by atoms with van der Waals surface area (Å²) in [5, 5.41) is 13.0. The van der Waals surface area contributed by atoms with E-state index in [2.05, 4.69) is 15.5 Å². The standard InChI is InChI=1S/C23H23ClN4O3S/c1-15-4-2-3-5-19(15)25-21(30)23-27-26-22(32-23)16-10-12-28(13-11-16)20(29)14-31-18-8-6-17(24)7-9-18/h2-9,16H,10-14H2,1H3,(H,25,30). The number of para-hydroxylation sites is 1. The van der Waals surface area contributed by atoms with Gasteiger partial charge in [0.25, 0.3) is 11.8 Å². The molecule has 1 fully saturated rings. The Morgan fingerprint density at radius 1 is 1.12 bits per heavy atom. The monoisotopic (exact) mass is 470 g/mol. The Balaban J connectivity index is 1.27. The molecule has 4 rings (SSSR count). The summed E-state index contributed by atoms with van der Waals surface area (Å²) in [6.45, 7) is 3.18. The summed E-state index contributed by atoms with van der Waals surface area (Å²) in [6.07, 6.45) is 1.56. The van der Waals surface area contributed by atoms with Crippen LogP contribution in [0.4, 0.5) is 5.69 Å². The summed E-state index contributed by atoms with van der Waals surface area (Å²) in [4.78, 5) is 26.8. The summed E-state index contributed by atoms with van der Waals surface area (Å²) in [5.41, 5.74) is 1.75. The lowest BCUT2D eigenvalue weighted by Gasteiger charge is -2.30. The zero-order valence-corrected chi connectivity index (χ0v) is 19.2. The summed E-state index contributed by atoms with van der Waals surface area (Å²) < 4.78 is 5.56. The third-order valence-corrected chi connectivity index (χ3v) is 6.74. The highest BCUT2D eigenvalue weighted by Gasteiger charge is 2.27. The second-order valence-electron chi connectivity index (χ2n) is 7.61. The Bertz CT molecular complexity index is 1090. The van der Waals surface area contributed by atoms with Crippen molar-refractivity contribution in [3.63, 3.8) is 0 Å². The normalized spacial score (nSPS) is 14.2. The van der Waals surface area contributed by atoms with E-state index in [0.717, 1.165) is 29.1 Å². The van der Waals surface area contributed by atoms with Crippen LogP contribution in [0, 0.1) is 6.92 Å². The number of anilines is 1. The molecule has 2 amide bonds. The Morgan fingerprint density at radius 2 is 1.84 bits per heavy atom. The first-order valence-corrected chi connectivity index (χ1v) is 11.6. The molecule has 32 heavy (non-hydrogen) atoms. The van der Waals surface area contributed by atoms with E-state index in [4.69, 9.17) is 16.3 Å². The number of hydrogen-bond acceptors (Lipinski definition) is 6. The average Bonchev–Trinajstić information content (AvgIpc) is 3.31. The highest BCUT2D eigenvalue weighted by Crippen LogP contribution is 2.30. The van der Waals surface area contributed by atoms with Crippen LogP contribution in [0.5, 0.6) is 5.75 Å². The minimum atomic E-state index is -0.255. The fourth-order valence-corrected chi connectivity index (χ4v) is 4.56. The molecule has 1 N–H and O–H groups in total. The van der Waals surface area contributed by atoms with Crippen LogP contribution in [0.3, 0.4) is 0 Å². The van der Waals surface area contributed by atoms with E-state index in [0.29, 0.717) is 28.9 Å². The third-order valence-electron chi connectivity index (χ3n) is 5.40. The number of nitrogens with one attached hydrogen (secondary N) is 1. The van der Waals surface area contributed by atoms with Gasteiger partial charge in [0, 0.05) is 29.7 Å². The molecular formula is C23H23ClN4O3S. The number of nitrogens with zero attached hydrogens (tertiary/aromatic N) is 3. The maximum Gasteiger partial charge on any atom is 0.286 e. The molecule has 2 heterocycles. The number of benzene rings is 2. The van der Waals surface area contributed by atoms with Gasteiger partial charge in [0.2, 0.25) is 5.01 Å². The Morgan fingerprint density at radius 3 is 2.56 bits per heavy atom. The van der Waals surface area contributed by atoms with Crippen LogP contribution in [0.15, 0.2) is 48.5 Å². The van der Waals surface area contributed by atoms with Gasteiger partial charge in [-0.3, -0.25) is 9.59 Å². The summed E-state index contributed by atoms with van der Waals surface area (Å²) in [6, 6.07) is 14.5. The minimum Gasteiger partial charge on any atom is -0.484 e. The molecule has 166 valence electrons. The van der Waals surface area contributed by atoms with Crippen molar-refractivity contribution in [2.45, 2.75) is 25.7 Å². The van der Waals surface area contributed by atoms with Crippen LogP contribution in [-0.4, -0.2) is 46.6 Å². The summed E-state index contributed by atoms with van der Waals surface area (Å²) in [7, 11) is 0. The molecule has 1 aliphatic rings. The zero-order valence-electron chi connectivity index (χ0n) is 17.6. The number of amides is 2. The largest absolute Gasteiger partial charge is 0.484 e. The second-order valence-corrected chi connectivity index (χ2v) is 9.06. The first-order chi connectivity index (χ1) is 15.5. The van der Waals surface area contributed by atoms with Crippen molar-refractivity contribution in [1.29, 1.82) is 0 Å². The predicted molar refractivity (Wildman–Crippen MR) is 125 cm³/mol. The van der Waals surface area contributed by atoms with Crippen LogP contribution in [-0.2, 0) is 4.79 Å². The molecule has 1 aliphatic heterocycles. The fourth-order valence-electron chi connectivity index (χ4n) is 3.52. The number of likely N-dealkylation sites (tertiary alicyclic amines) is 1. The van der Waals surface area contributed by atoms with Crippen LogP contribution < -0.4 is 10.1 Å². The van der Waals surface area contributed by atoms with Gasteiger partial charge in [-0.2, -0.15) is 0 Å². The van der Waals surface area contributed by atoms with E-state index in [1.165, 1.54) is 11.3 Å². The van der Waals surface area contributed by atoms with Crippen LogP contribution in [0.1, 0.15) is 39.1 Å². The number of aromatic nitrogens is 2. The van der Waals surface area contributed by atoms with Gasteiger partial charge in [-0.05, 0) is 55.7 Å². The highest BCUT2D eigenvalue weighted by atomic mass is 35.5. The molecule has 7 nitrogen and oxygen atoms in total. The van der Waals surface area contributed by atoms with E-state index in [1.807, 2.05) is 31.2 Å². The number of halogens is 1. The average molecular weight is 471 g/mol. The Kier molecular flexibility index (Phi) is 7.02. The lowest BCUT2D eigenvalue weighted by Crippen LogP contribution is -2.40. The van der Waals surface area contributed by atoms with Crippen molar-refractivity contribution in [2.75, 3.05) is 25.0 Å². The Labute approximate surface area is 195 Å². The van der Waals surface area contributed by atoms with Crippen molar-refractivity contribution < 1.29 is 14.3 Å². The second kappa shape index (κ2) is 10.1. The minimum absolute atomic E-state index is 0.00563. The van der Waals surface area contributed by atoms with Gasteiger partial charge >= 0.3 is 0 Å². The highest BCUT2D eigenvalue weighted by molar-refractivity contribution is 7.13. The van der Waals surface area contributed by atoms with E-state index < -0.39 is 0 Å². The van der Waals surface area contributed by atoms with E-state index >= 15 is 0 Å². The number of aryl methyl sites for hydroxylation is 1. The number of piperidine rings is 1. The maximum atomic E-state index is 12.5. The molecular weight excluding hydrogens is 448 g/mol. The molecule has 1 saturated heterocycles. The quantitative estimate of drug-likeness (QED) is 0.571. The van der Waals surface area contributed by atoms with Gasteiger partial charge in [0.1, 0.15) is 10.8 Å². The van der Waals surface area contributed by atoms with Crippen LogP contribution >= 0.6 is 22.9 Å². The van der Waals surface area contributed by atoms with Crippen LogP contribution in [0.25, 0.3) is 0 Å². The molecule has 9 heteroatoms. The topological polar surface area (TPSA) is 84.4 Å². The molecule has 0 aliphatic carbocycles. The lowest BCUT2D eigenvalue weighted by atomic mass is 9.98. The van der Waals surface area contributed by atoms with Gasteiger partial charge in [-0.25, -0.2) is 0 Å². The molecule has 0 bridgehead atoms. The number of ether oxygens (including phenoxy) is 1. The predicted octanol–water partition coefficient (Wildman–Crippen LogP) is 4.54. The molecule has 0 saturated carbocycles. The van der Waals surface area contributed by atoms with E-state index in [-0.39, 0.29) is 24.3 Å². The smallest absolute Gasteiger partial charge is 0.286 e. The van der Waals surface area contributed by atoms with E-state index in [1.54, 1.807) is 29.2 Å². The van der Waals surface area contributed by atoms with E-state index in [9.17, 15) is 9.59 Å². The SMILES string of the molecule is Cc1ccccc1NC(=O)c1nnc(C2CCN(C(=O)COc3ccc(Cl)cc3)CC2)s1. The first-order valence-electron chi connectivity index (χ1n) is 10.4. The van der Waals surface area contributed by atoms with Crippen molar-refractivity contribution in [2.24, 2.45) is 0 Å². The lowest BCUT2D eigenvalue weighted by molar-refractivity contribution is -0.134. The first kappa shape index (κ1) is 22.2. The molecule has 3 aromatic rings. The molecule has 0 spiro atoms. The van der Waals surface area contributed by atoms with Gasteiger partial charge < -0.3 is 15.0 Å². The van der Waals surface area contributed by atoms with Crippen molar-refractivity contribution >= 4 is 40.4 Å². The van der Waals surface area contributed by atoms with Gasteiger partial charge in [0.15, 0.2) is 6.61 Å². The van der Waals surface area contributed by atoms with Gasteiger partial charge in [-0.15, -0.1) is 10.2 Å². The van der Waals surface area contributed by atoms with Crippen molar-refractivity contribution in [3.8, 4) is 5.75 Å². The molecule has 2 aromatic carbocycles. The maximum absolute atomic E-state index is 12.5. The number of carbonyl (C=O) groups is 2. The van der Waals surface area contributed by atoms with Crippen molar-refractivity contribution in [3.05, 3.63) is 69.1 Å². The van der Waals surface area contributed by atoms with Gasteiger partial charge in [-0.1, -0.05) is 41.1 Å². The molecule has 0 atom stereocenters. The molecule has 1 aromatic heterocycles. The molecule has 0 radical (unpaired) electrons. The molecule has 0 unspecified atom stereocenters. The Hall–Kier alpha value is -2.97. The fraction of sp³-hybridized carbons (Fsp3) is 0.304. The van der Waals surface area contributed by atoms with Crippen LogP contribution in [0.2, 0.25) is 5.02 Å². The summed E-state index contributed by atoms with van der Waals surface area (Å²) in [5.74, 6) is 0.501. The number of hydrogen-bond donors (Lipinski definition) is 1. The summed E-state index contributed by atoms with van der Waals surface area (Å²) >= 11 is 7.18. The zero-order chi connectivity index (χ0) is 22.5. The van der Waals surface area contributed by atoms with Gasteiger partial charge in [0.05, 0.1) is 0 Å². The number of rotatable bonds is 6. The van der Waals surface area contributed by atoms with Crippen molar-refractivity contribution in [1.82, 2.24) is 15.1 Å². The number of carbonyl (C=O) groups excluding carboxylic acids is 2.